The van der Waals surface area contributed by atoms with E-state index in [1.807, 2.05) is 85.8 Å². The predicted octanol–water partition coefficient (Wildman–Crippen LogP) is 5.62. The third-order valence-corrected chi connectivity index (χ3v) is 4.29. The summed E-state index contributed by atoms with van der Waals surface area (Å²) in [5.74, 6) is 2.09. The maximum absolute atomic E-state index is 12.6. The lowest BCUT2D eigenvalue weighted by molar-refractivity contribution is -0.116. The van der Waals surface area contributed by atoms with Gasteiger partial charge in [-0.3, -0.25) is 4.79 Å². The molecule has 3 aromatic rings. The topological polar surface area (TPSA) is 47.6 Å². The molecule has 0 heterocycles. The van der Waals surface area contributed by atoms with E-state index in [1.165, 1.54) is 0 Å². The molecule has 4 heteroatoms. The summed E-state index contributed by atoms with van der Waals surface area (Å²) in [5, 5.41) is 2.96. The lowest BCUT2D eigenvalue weighted by atomic mass is 9.96. The van der Waals surface area contributed by atoms with Crippen LogP contribution in [0.1, 0.15) is 24.8 Å². The van der Waals surface area contributed by atoms with Gasteiger partial charge in [0.15, 0.2) is 5.75 Å². The van der Waals surface area contributed by atoms with Gasteiger partial charge in [0.25, 0.3) is 0 Å². The Bertz CT molecular complexity index is 893. The van der Waals surface area contributed by atoms with Gasteiger partial charge in [0.05, 0.1) is 12.8 Å². The molecule has 0 saturated carbocycles. The molecule has 3 aromatic carbocycles. The summed E-state index contributed by atoms with van der Waals surface area (Å²) in [6.45, 7) is 2.02. The minimum atomic E-state index is -0.0717. The van der Waals surface area contributed by atoms with Crippen molar-refractivity contribution in [2.75, 3.05) is 12.4 Å². The number of benzene rings is 3. The van der Waals surface area contributed by atoms with Crippen molar-refractivity contribution in [1.29, 1.82) is 0 Å². The number of carbonyl (C=O) groups excluding carboxylic acids is 1. The Morgan fingerprint density at radius 1 is 0.889 bits per heavy atom. The molecule has 0 bridgehead atoms. The molecule has 0 aliphatic carbocycles. The number of nitrogens with one attached hydrogen (secondary N) is 1. The molecule has 0 saturated heterocycles. The molecule has 1 atom stereocenters. The van der Waals surface area contributed by atoms with E-state index in [-0.39, 0.29) is 11.8 Å². The van der Waals surface area contributed by atoms with Gasteiger partial charge in [-0.1, -0.05) is 55.5 Å². The van der Waals surface area contributed by atoms with Crippen LogP contribution in [0.3, 0.4) is 0 Å². The second-order valence-electron chi connectivity index (χ2n) is 6.31. The zero-order valence-electron chi connectivity index (χ0n) is 15.5. The van der Waals surface area contributed by atoms with Crippen molar-refractivity contribution < 1.29 is 14.3 Å². The van der Waals surface area contributed by atoms with Crippen LogP contribution in [0.5, 0.6) is 17.2 Å². The number of amides is 1. The number of anilines is 1. The highest BCUT2D eigenvalue weighted by Crippen LogP contribution is 2.31. The minimum Gasteiger partial charge on any atom is -0.496 e. The maximum atomic E-state index is 12.6. The van der Waals surface area contributed by atoms with Gasteiger partial charge < -0.3 is 14.8 Å². The monoisotopic (exact) mass is 361 g/mol. The standard InChI is InChI=1S/C23H23NO3/c1-17(19-12-6-8-14-21(19)26-2)16-23(25)24-20-13-7-9-15-22(20)27-18-10-4-3-5-11-18/h3-15,17H,16H2,1-2H3,(H,24,25)/t17-/m1/s1. The summed E-state index contributed by atoms with van der Waals surface area (Å²) in [4.78, 5) is 12.6. The van der Waals surface area contributed by atoms with Gasteiger partial charge in [0.1, 0.15) is 11.5 Å². The first-order valence-corrected chi connectivity index (χ1v) is 8.92. The lowest BCUT2D eigenvalue weighted by Crippen LogP contribution is -2.15. The summed E-state index contributed by atoms with van der Waals surface area (Å²) in [6.07, 6.45) is 0.347. The van der Waals surface area contributed by atoms with Crippen LogP contribution >= 0.6 is 0 Å². The first-order valence-electron chi connectivity index (χ1n) is 8.92. The first kappa shape index (κ1) is 18.5. The highest BCUT2D eigenvalue weighted by atomic mass is 16.5. The number of carbonyl (C=O) groups is 1. The molecule has 138 valence electrons. The van der Waals surface area contributed by atoms with E-state index >= 15 is 0 Å². The lowest BCUT2D eigenvalue weighted by Gasteiger charge is -2.16. The highest BCUT2D eigenvalue weighted by Gasteiger charge is 2.16. The van der Waals surface area contributed by atoms with Gasteiger partial charge >= 0.3 is 0 Å². The fourth-order valence-electron chi connectivity index (χ4n) is 2.94. The van der Waals surface area contributed by atoms with Crippen molar-refractivity contribution in [3.63, 3.8) is 0 Å². The smallest absolute Gasteiger partial charge is 0.225 e. The van der Waals surface area contributed by atoms with E-state index in [4.69, 9.17) is 9.47 Å². The summed E-state index contributed by atoms with van der Waals surface area (Å²) < 4.78 is 11.3. The molecule has 0 spiro atoms. The van der Waals surface area contributed by atoms with Crippen molar-refractivity contribution in [2.45, 2.75) is 19.3 Å². The molecule has 1 N–H and O–H groups in total. The maximum Gasteiger partial charge on any atom is 0.225 e. The molecule has 0 aliphatic rings. The van der Waals surface area contributed by atoms with Crippen molar-refractivity contribution in [3.05, 3.63) is 84.4 Å². The van der Waals surface area contributed by atoms with Crippen LogP contribution in [0.2, 0.25) is 0 Å². The Morgan fingerprint density at radius 3 is 2.26 bits per heavy atom. The van der Waals surface area contributed by atoms with E-state index in [1.54, 1.807) is 7.11 Å². The third kappa shape index (κ3) is 4.88. The number of para-hydroxylation sites is 4. The SMILES string of the molecule is COc1ccccc1[C@H](C)CC(=O)Nc1ccccc1Oc1ccccc1. The summed E-state index contributed by atoms with van der Waals surface area (Å²) in [7, 11) is 1.64. The number of methoxy groups -OCH3 is 1. The van der Waals surface area contributed by atoms with Gasteiger partial charge in [-0.05, 0) is 41.8 Å². The van der Waals surface area contributed by atoms with Crippen LogP contribution in [0.4, 0.5) is 5.69 Å². The Morgan fingerprint density at radius 2 is 1.52 bits per heavy atom. The number of ether oxygens (including phenoxy) is 2. The molecule has 0 aromatic heterocycles. The molecule has 0 unspecified atom stereocenters. The first-order chi connectivity index (χ1) is 13.2. The van der Waals surface area contributed by atoms with Gasteiger partial charge in [-0.2, -0.15) is 0 Å². The Kier molecular flexibility index (Phi) is 6.10. The average molecular weight is 361 g/mol. The molecular weight excluding hydrogens is 338 g/mol. The Balaban J connectivity index is 1.69. The fraction of sp³-hybridized carbons (Fsp3) is 0.174. The van der Waals surface area contributed by atoms with Gasteiger partial charge in [-0.15, -0.1) is 0 Å². The van der Waals surface area contributed by atoms with E-state index in [9.17, 15) is 4.79 Å². The molecule has 4 nitrogen and oxygen atoms in total. The molecule has 3 rings (SSSR count). The van der Waals surface area contributed by atoms with E-state index in [2.05, 4.69) is 5.32 Å². The molecule has 0 radical (unpaired) electrons. The summed E-state index contributed by atoms with van der Waals surface area (Å²) >= 11 is 0. The van der Waals surface area contributed by atoms with Crippen molar-refractivity contribution in [3.8, 4) is 17.2 Å². The van der Waals surface area contributed by atoms with Crippen LogP contribution in [0.25, 0.3) is 0 Å². The normalized spacial score (nSPS) is 11.5. The number of rotatable bonds is 7. The molecule has 0 fully saturated rings. The van der Waals surface area contributed by atoms with Gasteiger partial charge in [0, 0.05) is 6.42 Å². The van der Waals surface area contributed by atoms with Gasteiger partial charge in [-0.25, -0.2) is 0 Å². The quantitative estimate of drug-likeness (QED) is 0.594. The van der Waals surface area contributed by atoms with Crippen LogP contribution in [0, 0.1) is 0 Å². The van der Waals surface area contributed by atoms with Crippen LogP contribution in [0.15, 0.2) is 78.9 Å². The van der Waals surface area contributed by atoms with Crippen molar-refractivity contribution in [1.82, 2.24) is 0 Å². The summed E-state index contributed by atoms with van der Waals surface area (Å²) in [5.41, 5.74) is 1.67. The van der Waals surface area contributed by atoms with Gasteiger partial charge in [0.2, 0.25) is 5.91 Å². The minimum absolute atomic E-state index is 0.0309. The third-order valence-electron chi connectivity index (χ3n) is 4.29. The van der Waals surface area contributed by atoms with Crippen LogP contribution in [-0.4, -0.2) is 13.0 Å². The molecule has 1 amide bonds. The largest absolute Gasteiger partial charge is 0.496 e. The van der Waals surface area contributed by atoms with Crippen molar-refractivity contribution >= 4 is 11.6 Å². The predicted molar refractivity (Wildman–Crippen MR) is 108 cm³/mol. The second-order valence-corrected chi connectivity index (χ2v) is 6.31. The zero-order chi connectivity index (χ0) is 19.1. The summed E-state index contributed by atoms with van der Waals surface area (Å²) in [6, 6.07) is 24.7. The number of hydrogen-bond donors (Lipinski definition) is 1. The average Bonchev–Trinajstić information content (AvgIpc) is 2.70. The van der Waals surface area contributed by atoms with Crippen LogP contribution < -0.4 is 14.8 Å². The highest BCUT2D eigenvalue weighted by molar-refractivity contribution is 5.92. The Hall–Kier alpha value is -3.27. The van der Waals surface area contributed by atoms with E-state index in [0.29, 0.717) is 17.9 Å². The molecular formula is C23H23NO3. The van der Waals surface area contributed by atoms with E-state index < -0.39 is 0 Å². The second kappa shape index (κ2) is 8.90. The molecule has 27 heavy (non-hydrogen) atoms. The zero-order valence-corrected chi connectivity index (χ0v) is 15.5. The number of hydrogen-bond acceptors (Lipinski definition) is 3. The van der Waals surface area contributed by atoms with E-state index in [0.717, 1.165) is 17.1 Å². The fourth-order valence-corrected chi connectivity index (χ4v) is 2.94. The van der Waals surface area contributed by atoms with Crippen molar-refractivity contribution in [2.24, 2.45) is 0 Å². The van der Waals surface area contributed by atoms with Crippen LogP contribution in [-0.2, 0) is 4.79 Å². The Labute approximate surface area is 159 Å². The molecule has 0 aliphatic heterocycles.